The van der Waals surface area contributed by atoms with Crippen molar-refractivity contribution in [3.8, 4) is 0 Å². The van der Waals surface area contributed by atoms with Gasteiger partial charge in [0.1, 0.15) is 12.7 Å². The Bertz CT molecular complexity index is 406. The number of nitrogens with one attached hydrogen (secondary N) is 1. The number of benzene rings is 1. The van der Waals surface area contributed by atoms with E-state index in [-0.39, 0.29) is 12.1 Å². The lowest BCUT2D eigenvalue weighted by molar-refractivity contribution is -0.151. The molecule has 1 aromatic rings. The summed E-state index contributed by atoms with van der Waals surface area (Å²) in [5.41, 5.74) is 0.324. The van der Waals surface area contributed by atoms with E-state index >= 15 is 0 Å². The van der Waals surface area contributed by atoms with Crippen molar-refractivity contribution in [3.05, 3.63) is 35.9 Å². The summed E-state index contributed by atoms with van der Waals surface area (Å²) in [7, 11) is 0. The zero-order valence-electron chi connectivity index (χ0n) is 8.81. The maximum Gasteiger partial charge on any atom is 0.342 e. The molecule has 2 unspecified atom stereocenters. The standard InChI is InChI=1S/C12H13NO3/c14-11(12-8-13-6-10(12)16-12)15-7-9-4-2-1-3-5-9/h1-5,10,13H,6-8H2. The first-order valence-corrected chi connectivity index (χ1v) is 5.41. The highest BCUT2D eigenvalue weighted by atomic mass is 16.7. The summed E-state index contributed by atoms with van der Waals surface area (Å²) in [5, 5.41) is 3.12. The summed E-state index contributed by atoms with van der Waals surface area (Å²) in [4.78, 5) is 11.8. The molecule has 2 heterocycles. The molecule has 0 spiro atoms. The highest BCUT2D eigenvalue weighted by molar-refractivity contribution is 5.84. The molecule has 0 bridgehead atoms. The smallest absolute Gasteiger partial charge is 0.342 e. The van der Waals surface area contributed by atoms with Crippen LogP contribution in [0.1, 0.15) is 5.56 Å². The van der Waals surface area contributed by atoms with Crippen LogP contribution in [-0.2, 0) is 20.9 Å². The Balaban J connectivity index is 1.58. The zero-order valence-corrected chi connectivity index (χ0v) is 8.81. The summed E-state index contributed by atoms with van der Waals surface area (Å²) in [6.45, 7) is 1.64. The quantitative estimate of drug-likeness (QED) is 0.593. The molecule has 3 rings (SSSR count). The van der Waals surface area contributed by atoms with Crippen LogP contribution in [0.15, 0.2) is 30.3 Å². The molecule has 0 saturated carbocycles. The van der Waals surface area contributed by atoms with Gasteiger partial charge in [-0.05, 0) is 5.56 Å². The molecule has 16 heavy (non-hydrogen) atoms. The van der Waals surface area contributed by atoms with Gasteiger partial charge in [0.15, 0.2) is 0 Å². The minimum atomic E-state index is -0.672. The van der Waals surface area contributed by atoms with Gasteiger partial charge in [-0.3, -0.25) is 0 Å². The van der Waals surface area contributed by atoms with Gasteiger partial charge in [-0.1, -0.05) is 30.3 Å². The Kier molecular flexibility index (Phi) is 2.19. The van der Waals surface area contributed by atoms with E-state index in [0.29, 0.717) is 13.2 Å². The van der Waals surface area contributed by atoms with Crippen LogP contribution in [0.3, 0.4) is 0 Å². The van der Waals surface area contributed by atoms with Gasteiger partial charge in [0, 0.05) is 13.1 Å². The summed E-state index contributed by atoms with van der Waals surface area (Å²) >= 11 is 0. The molecule has 0 aliphatic carbocycles. The molecular weight excluding hydrogens is 206 g/mol. The average molecular weight is 219 g/mol. The normalized spacial score (nSPS) is 30.9. The zero-order chi connectivity index (χ0) is 11.0. The van der Waals surface area contributed by atoms with Crippen molar-refractivity contribution in [2.75, 3.05) is 13.1 Å². The van der Waals surface area contributed by atoms with Crippen molar-refractivity contribution in [1.29, 1.82) is 0 Å². The molecule has 0 radical (unpaired) electrons. The molecule has 1 aromatic carbocycles. The average Bonchev–Trinajstić information content (AvgIpc) is 2.90. The molecule has 4 nitrogen and oxygen atoms in total. The molecule has 0 aromatic heterocycles. The predicted octanol–water partition coefficient (Wildman–Crippen LogP) is 0.471. The van der Waals surface area contributed by atoms with Crippen LogP contribution in [0.2, 0.25) is 0 Å². The van der Waals surface area contributed by atoms with Crippen LogP contribution in [0.4, 0.5) is 0 Å². The van der Waals surface area contributed by atoms with Crippen LogP contribution < -0.4 is 5.32 Å². The van der Waals surface area contributed by atoms with Crippen LogP contribution in [0, 0.1) is 0 Å². The Labute approximate surface area is 93.5 Å². The summed E-state index contributed by atoms with van der Waals surface area (Å²) in [6.07, 6.45) is 0.0239. The third kappa shape index (κ3) is 1.50. The molecule has 4 heteroatoms. The third-order valence-electron chi connectivity index (χ3n) is 3.09. The van der Waals surface area contributed by atoms with Crippen molar-refractivity contribution in [2.24, 2.45) is 0 Å². The van der Waals surface area contributed by atoms with E-state index in [4.69, 9.17) is 9.47 Å². The fourth-order valence-electron chi connectivity index (χ4n) is 2.07. The molecule has 0 amide bonds. The van der Waals surface area contributed by atoms with E-state index in [0.717, 1.165) is 12.1 Å². The minimum Gasteiger partial charge on any atom is -0.459 e. The van der Waals surface area contributed by atoms with Gasteiger partial charge < -0.3 is 14.8 Å². The van der Waals surface area contributed by atoms with Gasteiger partial charge in [0.25, 0.3) is 0 Å². The second kappa shape index (κ2) is 3.57. The number of carbonyl (C=O) groups is 1. The summed E-state index contributed by atoms with van der Waals surface area (Å²) in [6, 6.07) is 9.65. The number of hydrogen-bond donors (Lipinski definition) is 1. The monoisotopic (exact) mass is 219 g/mol. The Morgan fingerprint density at radius 3 is 2.94 bits per heavy atom. The van der Waals surface area contributed by atoms with E-state index in [1.54, 1.807) is 0 Å². The number of fused-ring (bicyclic) bond motifs is 1. The second-order valence-electron chi connectivity index (χ2n) is 4.19. The lowest BCUT2D eigenvalue weighted by Gasteiger charge is -2.09. The lowest BCUT2D eigenvalue weighted by atomic mass is 10.1. The first-order valence-electron chi connectivity index (χ1n) is 5.41. The van der Waals surface area contributed by atoms with Gasteiger partial charge in [-0.15, -0.1) is 0 Å². The predicted molar refractivity (Wildman–Crippen MR) is 56.7 cm³/mol. The number of rotatable bonds is 3. The van der Waals surface area contributed by atoms with E-state index in [9.17, 15) is 4.79 Å². The molecule has 84 valence electrons. The lowest BCUT2D eigenvalue weighted by Crippen LogP contribution is -2.32. The second-order valence-corrected chi connectivity index (χ2v) is 4.19. The highest BCUT2D eigenvalue weighted by Gasteiger charge is 2.66. The largest absolute Gasteiger partial charge is 0.459 e. The fourth-order valence-corrected chi connectivity index (χ4v) is 2.07. The number of ether oxygens (including phenoxy) is 2. The van der Waals surface area contributed by atoms with E-state index < -0.39 is 5.60 Å². The number of epoxide rings is 1. The Morgan fingerprint density at radius 1 is 1.50 bits per heavy atom. The molecule has 2 aliphatic heterocycles. The van der Waals surface area contributed by atoms with Crippen LogP contribution in [0.25, 0.3) is 0 Å². The van der Waals surface area contributed by atoms with Gasteiger partial charge in [-0.2, -0.15) is 0 Å². The fraction of sp³-hybridized carbons (Fsp3) is 0.417. The van der Waals surface area contributed by atoms with Crippen molar-refractivity contribution in [2.45, 2.75) is 18.3 Å². The van der Waals surface area contributed by atoms with Gasteiger partial charge in [0.05, 0.1) is 0 Å². The highest BCUT2D eigenvalue weighted by Crippen LogP contribution is 2.40. The van der Waals surface area contributed by atoms with Crippen LogP contribution >= 0.6 is 0 Å². The summed E-state index contributed by atoms with van der Waals surface area (Å²) in [5.74, 6) is -0.244. The first-order chi connectivity index (χ1) is 7.81. The van der Waals surface area contributed by atoms with Crippen molar-refractivity contribution in [1.82, 2.24) is 5.32 Å². The van der Waals surface area contributed by atoms with Crippen molar-refractivity contribution in [3.63, 3.8) is 0 Å². The number of hydrogen-bond acceptors (Lipinski definition) is 4. The van der Waals surface area contributed by atoms with Crippen LogP contribution in [-0.4, -0.2) is 30.8 Å². The molecule has 2 atom stereocenters. The maximum atomic E-state index is 11.8. The van der Waals surface area contributed by atoms with Crippen molar-refractivity contribution < 1.29 is 14.3 Å². The first kappa shape index (κ1) is 9.81. The molecule has 1 N–H and O–H groups in total. The van der Waals surface area contributed by atoms with E-state index in [2.05, 4.69) is 5.32 Å². The van der Waals surface area contributed by atoms with E-state index in [1.165, 1.54) is 0 Å². The third-order valence-corrected chi connectivity index (χ3v) is 3.09. The maximum absolute atomic E-state index is 11.8. The summed E-state index contributed by atoms with van der Waals surface area (Å²) < 4.78 is 10.6. The van der Waals surface area contributed by atoms with Gasteiger partial charge in [0.2, 0.25) is 5.60 Å². The number of esters is 1. The Morgan fingerprint density at radius 2 is 2.31 bits per heavy atom. The minimum absolute atomic E-state index is 0.0239. The van der Waals surface area contributed by atoms with Crippen LogP contribution in [0.5, 0.6) is 0 Å². The topological polar surface area (TPSA) is 50.9 Å². The number of morpholine rings is 1. The van der Waals surface area contributed by atoms with E-state index in [1.807, 2.05) is 30.3 Å². The molecule has 2 saturated heterocycles. The Hall–Kier alpha value is -1.39. The molecule has 2 aliphatic rings. The van der Waals surface area contributed by atoms with Gasteiger partial charge in [-0.25, -0.2) is 4.79 Å². The molecule has 2 fully saturated rings. The SMILES string of the molecule is O=C(OCc1ccccc1)C12CNCC1O2. The van der Waals surface area contributed by atoms with Gasteiger partial charge >= 0.3 is 5.97 Å². The molecular formula is C12H13NO3. The van der Waals surface area contributed by atoms with Crippen molar-refractivity contribution >= 4 is 5.97 Å². The number of carbonyl (C=O) groups excluding carboxylic acids is 1.